The minimum atomic E-state index is -0.258. The first-order valence-corrected chi connectivity index (χ1v) is 9.04. The topological polar surface area (TPSA) is 75.7 Å². The van der Waals surface area contributed by atoms with Crippen molar-refractivity contribution in [2.24, 2.45) is 0 Å². The lowest BCUT2D eigenvalue weighted by Crippen LogP contribution is -2.12. The molecule has 0 aliphatic rings. The van der Waals surface area contributed by atoms with Crippen LogP contribution in [-0.4, -0.2) is 39.2 Å². The van der Waals surface area contributed by atoms with Crippen LogP contribution in [0, 0.1) is 0 Å². The second-order valence-electron chi connectivity index (χ2n) is 6.52. The SMILES string of the molecule is COc1ccc(NC(=O)c2ccc(Nc3ccc(N(C)C)cc3)nc2)cc1OC. The first-order chi connectivity index (χ1) is 14.0. The van der Waals surface area contributed by atoms with E-state index in [-0.39, 0.29) is 5.91 Å². The van der Waals surface area contributed by atoms with Gasteiger partial charge >= 0.3 is 0 Å². The van der Waals surface area contributed by atoms with Crippen molar-refractivity contribution in [3.8, 4) is 11.5 Å². The molecule has 0 atom stereocenters. The van der Waals surface area contributed by atoms with Crippen molar-refractivity contribution >= 4 is 28.8 Å². The van der Waals surface area contributed by atoms with Gasteiger partial charge in [-0.3, -0.25) is 4.79 Å². The Bertz CT molecular complexity index is 970. The van der Waals surface area contributed by atoms with Gasteiger partial charge in [0.15, 0.2) is 11.5 Å². The van der Waals surface area contributed by atoms with Gasteiger partial charge in [-0.05, 0) is 48.5 Å². The van der Waals surface area contributed by atoms with Gasteiger partial charge in [0.25, 0.3) is 5.91 Å². The summed E-state index contributed by atoms with van der Waals surface area (Å²) < 4.78 is 10.5. The van der Waals surface area contributed by atoms with Gasteiger partial charge in [0.2, 0.25) is 0 Å². The number of pyridine rings is 1. The van der Waals surface area contributed by atoms with E-state index >= 15 is 0 Å². The van der Waals surface area contributed by atoms with Crippen LogP contribution in [0.15, 0.2) is 60.8 Å². The number of nitrogens with one attached hydrogen (secondary N) is 2. The van der Waals surface area contributed by atoms with Crippen LogP contribution in [0.2, 0.25) is 0 Å². The summed E-state index contributed by atoms with van der Waals surface area (Å²) in [6, 6.07) is 16.7. The van der Waals surface area contributed by atoms with Crippen molar-refractivity contribution in [1.29, 1.82) is 0 Å². The molecular formula is C22H24N4O3. The quantitative estimate of drug-likeness (QED) is 0.629. The number of aromatic nitrogens is 1. The number of benzene rings is 2. The number of hydrogen-bond donors (Lipinski definition) is 2. The summed E-state index contributed by atoms with van der Waals surface area (Å²) in [5.74, 6) is 1.54. The summed E-state index contributed by atoms with van der Waals surface area (Å²) in [7, 11) is 7.10. The molecule has 0 unspecified atom stereocenters. The summed E-state index contributed by atoms with van der Waals surface area (Å²) >= 11 is 0. The van der Waals surface area contributed by atoms with E-state index in [1.807, 2.05) is 43.3 Å². The molecule has 150 valence electrons. The second-order valence-corrected chi connectivity index (χ2v) is 6.52. The Morgan fingerprint density at radius 3 is 2.17 bits per heavy atom. The van der Waals surface area contributed by atoms with Gasteiger partial charge in [0.05, 0.1) is 19.8 Å². The molecule has 0 aliphatic heterocycles. The van der Waals surface area contributed by atoms with E-state index in [1.54, 1.807) is 44.6 Å². The third-order valence-corrected chi connectivity index (χ3v) is 4.32. The lowest BCUT2D eigenvalue weighted by atomic mass is 10.2. The van der Waals surface area contributed by atoms with E-state index in [4.69, 9.17) is 9.47 Å². The predicted molar refractivity (Wildman–Crippen MR) is 116 cm³/mol. The van der Waals surface area contributed by atoms with Gasteiger partial charge in [-0.25, -0.2) is 4.98 Å². The van der Waals surface area contributed by atoms with Crippen LogP contribution in [0.1, 0.15) is 10.4 Å². The van der Waals surface area contributed by atoms with Crippen LogP contribution in [0.4, 0.5) is 22.9 Å². The highest BCUT2D eigenvalue weighted by atomic mass is 16.5. The number of amides is 1. The van der Waals surface area contributed by atoms with Crippen molar-refractivity contribution < 1.29 is 14.3 Å². The number of hydrogen-bond acceptors (Lipinski definition) is 6. The van der Waals surface area contributed by atoms with Crippen LogP contribution >= 0.6 is 0 Å². The van der Waals surface area contributed by atoms with E-state index in [0.29, 0.717) is 28.6 Å². The van der Waals surface area contributed by atoms with Gasteiger partial charge in [-0.2, -0.15) is 0 Å². The fraction of sp³-hybridized carbons (Fsp3) is 0.182. The van der Waals surface area contributed by atoms with Crippen molar-refractivity contribution in [3.63, 3.8) is 0 Å². The highest BCUT2D eigenvalue weighted by molar-refractivity contribution is 6.04. The van der Waals surface area contributed by atoms with Crippen LogP contribution in [-0.2, 0) is 0 Å². The van der Waals surface area contributed by atoms with Crippen molar-refractivity contribution in [3.05, 3.63) is 66.4 Å². The largest absolute Gasteiger partial charge is 0.493 e. The summed E-state index contributed by atoms with van der Waals surface area (Å²) in [4.78, 5) is 18.9. The monoisotopic (exact) mass is 392 g/mol. The number of nitrogens with zero attached hydrogens (tertiary/aromatic N) is 2. The van der Waals surface area contributed by atoms with Gasteiger partial charge < -0.3 is 25.0 Å². The average Bonchev–Trinajstić information content (AvgIpc) is 2.74. The van der Waals surface area contributed by atoms with Gasteiger partial charge in [-0.15, -0.1) is 0 Å². The summed E-state index contributed by atoms with van der Waals surface area (Å²) in [6.07, 6.45) is 1.53. The molecule has 0 spiro atoms. The minimum absolute atomic E-state index is 0.258. The highest BCUT2D eigenvalue weighted by Crippen LogP contribution is 2.30. The molecule has 3 rings (SSSR count). The number of anilines is 4. The molecule has 0 saturated carbocycles. The third-order valence-electron chi connectivity index (χ3n) is 4.32. The Morgan fingerprint density at radius 1 is 0.897 bits per heavy atom. The Kier molecular flexibility index (Phi) is 6.19. The molecule has 0 bridgehead atoms. The number of rotatable bonds is 7. The predicted octanol–water partition coefficient (Wildman–Crippen LogP) is 4.16. The lowest BCUT2D eigenvalue weighted by molar-refractivity contribution is 0.102. The Hall–Kier alpha value is -3.74. The third kappa shape index (κ3) is 4.95. The van der Waals surface area contributed by atoms with Crippen molar-refractivity contribution in [2.45, 2.75) is 0 Å². The first-order valence-electron chi connectivity index (χ1n) is 9.04. The molecule has 1 heterocycles. The Morgan fingerprint density at radius 2 is 1.59 bits per heavy atom. The molecular weight excluding hydrogens is 368 g/mol. The molecule has 7 nitrogen and oxygen atoms in total. The van der Waals surface area contributed by atoms with Gasteiger partial charge in [0.1, 0.15) is 5.82 Å². The van der Waals surface area contributed by atoms with Crippen molar-refractivity contribution in [1.82, 2.24) is 4.98 Å². The Labute approximate surface area is 170 Å². The van der Waals surface area contributed by atoms with Crippen LogP contribution in [0.5, 0.6) is 11.5 Å². The molecule has 0 aliphatic carbocycles. The summed E-state index contributed by atoms with van der Waals surface area (Å²) in [5.41, 5.74) is 3.10. The maximum Gasteiger partial charge on any atom is 0.257 e. The molecule has 0 saturated heterocycles. The van der Waals surface area contributed by atoms with E-state index in [0.717, 1.165) is 11.4 Å². The Balaban J connectivity index is 1.65. The zero-order chi connectivity index (χ0) is 20.8. The molecule has 0 radical (unpaired) electrons. The maximum absolute atomic E-state index is 12.5. The molecule has 1 amide bonds. The number of ether oxygens (including phenoxy) is 2. The summed E-state index contributed by atoms with van der Waals surface area (Å²) in [5, 5.41) is 6.05. The standard InChI is InChI=1S/C22H24N4O3/c1-26(2)18-9-6-16(7-10-18)24-21-12-5-15(14-23-21)22(27)25-17-8-11-19(28-3)20(13-17)29-4/h5-14H,1-4H3,(H,23,24)(H,25,27). The second kappa shape index (κ2) is 8.97. The van der Waals surface area contributed by atoms with Gasteiger partial charge in [-0.1, -0.05) is 0 Å². The molecule has 2 aromatic carbocycles. The zero-order valence-corrected chi connectivity index (χ0v) is 16.9. The van der Waals surface area contributed by atoms with Crippen LogP contribution in [0.25, 0.3) is 0 Å². The van der Waals surface area contributed by atoms with Crippen LogP contribution in [0.3, 0.4) is 0 Å². The van der Waals surface area contributed by atoms with E-state index in [1.165, 1.54) is 6.20 Å². The fourth-order valence-corrected chi connectivity index (χ4v) is 2.71. The first kappa shape index (κ1) is 20.0. The average molecular weight is 392 g/mol. The summed E-state index contributed by atoms with van der Waals surface area (Å²) in [6.45, 7) is 0. The fourth-order valence-electron chi connectivity index (χ4n) is 2.71. The lowest BCUT2D eigenvalue weighted by Gasteiger charge is -2.13. The number of carbonyl (C=O) groups excluding carboxylic acids is 1. The molecule has 2 N–H and O–H groups in total. The smallest absolute Gasteiger partial charge is 0.257 e. The molecule has 1 aromatic heterocycles. The minimum Gasteiger partial charge on any atom is -0.493 e. The van der Waals surface area contributed by atoms with E-state index in [2.05, 4.69) is 15.6 Å². The zero-order valence-electron chi connectivity index (χ0n) is 16.9. The van der Waals surface area contributed by atoms with Crippen LogP contribution < -0.4 is 25.0 Å². The normalized spacial score (nSPS) is 10.2. The molecule has 29 heavy (non-hydrogen) atoms. The molecule has 0 fully saturated rings. The number of methoxy groups -OCH3 is 2. The highest BCUT2D eigenvalue weighted by Gasteiger charge is 2.10. The van der Waals surface area contributed by atoms with Crippen molar-refractivity contribution in [2.75, 3.05) is 43.8 Å². The number of carbonyl (C=O) groups is 1. The molecule has 3 aromatic rings. The van der Waals surface area contributed by atoms with E-state index < -0.39 is 0 Å². The maximum atomic E-state index is 12.5. The van der Waals surface area contributed by atoms with E-state index in [9.17, 15) is 4.79 Å². The van der Waals surface area contributed by atoms with Gasteiger partial charge in [0, 0.05) is 43.4 Å². The molecule has 7 heteroatoms.